The quantitative estimate of drug-likeness (QED) is 0.879. The molecule has 1 amide bonds. The molecular formula is C18H27NO. The highest BCUT2D eigenvalue weighted by atomic mass is 16.2. The third-order valence-electron chi connectivity index (χ3n) is 4.17. The summed E-state index contributed by atoms with van der Waals surface area (Å²) in [6.45, 7) is 8.01. The van der Waals surface area contributed by atoms with E-state index in [1.165, 1.54) is 42.4 Å². The van der Waals surface area contributed by atoms with Crippen LogP contribution in [0.4, 0.5) is 0 Å². The fraction of sp³-hybridized carbons (Fsp3) is 0.611. The maximum absolute atomic E-state index is 12.2. The zero-order valence-electron chi connectivity index (χ0n) is 13.3. The molecule has 2 heteroatoms. The van der Waals surface area contributed by atoms with E-state index in [4.69, 9.17) is 0 Å². The average Bonchev–Trinajstić information content (AvgIpc) is 2.43. The lowest BCUT2D eigenvalue weighted by Gasteiger charge is -2.25. The van der Waals surface area contributed by atoms with Gasteiger partial charge in [0.25, 0.3) is 0 Å². The minimum atomic E-state index is -0.332. The van der Waals surface area contributed by atoms with Gasteiger partial charge in [-0.05, 0) is 48.8 Å². The van der Waals surface area contributed by atoms with Crippen LogP contribution in [0.3, 0.4) is 0 Å². The first-order chi connectivity index (χ1) is 9.41. The number of amides is 1. The molecule has 0 bridgehead atoms. The molecule has 2 nitrogen and oxygen atoms in total. The molecule has 0 saturated heterocycles. The first kappa shape index (κ1) is 15.1. The number of nitrogens with one attached hydrogen (secondary N) is 1. The van der Waals surface area contributed by atoms with Gasteiger partial charge in [0.1, 0.15) is 0 Å². The number of hydrogen-bond donors (Lipinski definition) is 1. The van der Waals surface area contributed by atoms with Crippen LogP contribution in [-0.2, 0) is 17.6 Å². The number of carbonyl (C=O) groups is 1. The van der Waals surface area contributed by atoms with Gasteiger partial charge >= 0.3 is 0 Å². The van der Waals surface area contributed by atoms with Gasteiger partial charge in [0.05, 0.1) is 6.04 Å². The number of fused-ring (bicyclic) bond motifs is 1. The summed E-state index contributed by atoms with van der Waals surface area (Å²) in [6, 6.07) is 6.90. The van der Waals surface area contributed by atoms with Gasteiger partial charge in [-0.1, -0.05) is 45.9 Å². The van der Waals surface area contributed by atoms with Gasteiger partial charge in [0.15, 0.2) is 0 Å². The number of benzene rings is 1. The Hall–Kier alpha value is -1.31. The van der Waals surface area contributed by atoms with E-state index in [1.807, 2.05) is 20.8 Å². The minimum Gasteiger partial charge on any atom is -0.349 e. The van der Waals surface area contributed by atoms with Crippen LogP contribution in [0.5, 0.6) is 0 Å². The Balaban J connectivity index is 2.17. The zero-order valence-corrected chi connectivity index (χ0v) is 13.3. The van der Waals surface area contributed by atoms with Crippen molar-refractivity contribution in [2.24, 2.45) is 5.41 Å². The van der Waals surface area contributed by atoms with Gasteiger partial charge in [-0.25, -0.2) is 0 Å². The van der Waals surface area contributed by atoms with Crippen LogP contribution in [-0.4, -0.2) is 5.91 Å². The Kier molecular flexibility index (Phi) is 4.52. The van der Waals surface area contributed by atoms with Crippen LogP contribution in [0, 0.1) is 5.41 Å². The van der Waals surface area contributed by atoms with Gasteiger partial charge < -0.3 is 5.32 Å². The summed E-state index contributed by atoms with van der Waals surface area (Å²) in [5, 5.41) is 3.19. The van der Waals surface area contributed by atoms with E-state index in [9.17, 15) is 4.79 Å². The van der Waals surface area contributed by atoms with Crippen molar-refractivity contribution in [3.8, 4) is 0 Å². The number of aryl methyl sites for hydroxylation is 2. The molecular weight excluding hydrogens is 246 g/mol. The summed E-state index contributed by atoms with van der Waals surface area (Å²) >= 11 is 0. The third kappa shape index (κ3) is 3.41. The van der Waals surface area contributed by atoms with E-state index < -0.39 is 0 Å². The number of hydrogen-bond acceptors (Lipinski definition) is 1. The molecule has 1 aromatic carbocycles. The summed E-state index contributed by atoms with van der Waals surface area (Å²) < 4.78 is 0. The smallest absolute Gasteiger partial charge is 0.225 e. The molecule has 1 aliphatic carbocycles. The van der Waals surface area contributed by atoms with Crippen molar-refractivity contribution >= 4 is 5.91 Å². The van der Waals surface area contributed by atoms with E-state index in [1.54, 1.807) is 0 Å². The average molecular weight is 273 g/mol. The Bertz CT molecular complexity index is 485. The van der Waals surface area contributed by atoms with E-state index in [0.717, 1.165) is 6.42 Å². The molecule has 0 spiro atoms. The molecule has 1 atom stereocenters. The monoisotopic (exact) mass is 273 g/mol. The molecule has 20 heavy (non-hydrogen) atoms. The molecule has 0 saturated carbocycles. The zero-order chi connectivity index (χ0) is 14.8. The third-order valence-corrected chi connectivity index (χ3v) is 4.17. The molecule has 1 aliphatic rings. The van der Waals surface area contributed by atoms with Gasteiger partial charge in [-0.3, -0.25) is 4.79 Å². The number of carbonyl (C=O) groups excluding carboxylic acids is 1. The molecule has 0 heterocycles. The van der Waals surface area contributed by atoms with Crippen molar-refractivity contribution in [1.82, 2.24) is 5.32 Å². The standard InChI is InChI=1S/C18H27NO/c1-5-16(19-17(20)18(2,3)4)15-11-10-13-8-6-7-9-14(13)12-15/h10-12,16H,5-9H2,1-4H3,(H,19,20)/t16-/m0/s1. The van der Waals surface area contributed by atoms with Gasteiger partial charge in [0.2, 0.25) is 5.91 Å². The molecule has 0 aromatic heterocycles. The maximum atomic E-state index is 12.2. The topological polar surface area (TPSA) is 29.1 Å². The normalized spacial score (nSPS) is 16.4. The summed E-state index contributed by atoms with van der Waals surface area (Å²) in [5.74, 6) is 0.127. The van der Waals surface area contributed by atoms with Crippen LogP contribution in [0.1, 0.15) is 69.7 Å². The highest BCUT2D eigenvalue weighted by Gasteiger charge is 2.24. The summed E-state index contributed by atoms with van der Waals surface area (Å²) in [4.78, 5) is 12.2. The fourth-order valence-corrected chi connectivity index (χ4v) is 2.77. The Morgan fingerprint density at radius 3 is 2.45 bits per heavy atom. The van der Waals surface area contributed by atoms with Crippen LogP contribution in [0.2, 0.25) is 0 Å². The second-order valence-corrected chi connectivity index (χ2v) is 6.92. The van der Waals surface area contributed by atoms with Crippen LogP contribution in [0.25, 0.3) is 0 Å². The van der Waals surface area contributed by atoms with E-state index in [0.29, 0.717) is 0 Å². The van der Waals surface area contributed by atoms with Crippen molar-refractivity contribution in [1.29, 1.82) is 0 Å². The Labute approximate surface area is 123 Å². The van der Waals surface area contributed by atoms with E-state index in [2.05, 4.69) is 30.4 Å². The lowest BCUT2D eigenvalue weighted by Crippen LogP contribution is -2.37. The SMILES string of the molecule is CC[C@H](NC(=O)C(C)(C)C)c1ccc2c(c1)CCCC2. The molecule has 1 N–H and O–H groups in total. The fourth-order valence-electron chi connectivity index (χ4n) is 2.77. The number of rotatable bonds is 3. The maximum Gasteiger partial charge on any atom is 0.225 e. The molecule has 1 aromatic rings. The van der Waals surface area contributed by atoms with Gasteiger partial charge in [-0.15, -0.1) is 0 Å². The molecule has 0 unspecified atom stereocenters. The molecule has 0 aliphatic heterocycles. The van der Waals surface area contributed by atoms with E-state index >= 15 is 0 Å². The first-order valence-corrected chi connectivity index (χ1v) is 7.84. The summed E-state index contributed by atoms with van der Waals surface area (Å²) in [7, 11) is 0. The minimum absolute atomic E-state index is 0.127. The van der Waals surface area contributed by atoms with Crippen molar-refractivity contribution in [3.05, 3.63) is 34.9 Å². The molecule has 0 fully saturated rings. The van der Waals surface area contributed by atoms with Crippen LogP contribution in [0.15, 0.2) is 18.2 Å². The largest absolute Gasteiger partial charge is 0.349 e. The second-order valence-electron chi connectivity index (χ2n) is 6.92. The molecule has 110 valence electrons. The van der Waals surface area contributed by atoms with Gasteiger partial charge in [0, 0.05) is 5.41 Å². The lowest BCUT2D eigenvalue weighted by atomic mass is 9.88. The predicted molar refractivity (Wildman–Crippen MR) is 83.7 cm³/mol. The van der Waals surface area contributed by atoms with Crippen LogP contribution >= 0.6 is 0 Å². The highest BCUT2D eigenvalue weighted by Crippen LogP contribution is 2.27. The first-order valence-electron chi connectivity index (χ1n) is 7.84. The molecule has 0 radical (unpaired) electrons. The van der Waals surface area contributed by atoms with Crippen molar-refractivity contribution in [2.45, 2.75) is 65.8 Å². The van der Waals surface area contributed by atoms with E-state index in [-0.39, 0.29) is 17.4 Å². The predicted octanol–water partition coefficient (Wildman–Crippen LogP) is 4.18. The van der Waals surface area contributed by atoms with Crippen LogP contribution < -0.4 is 5.32 Å². The Morgan fingerprint density at radius 2 is 1.85 bits per heavy atom. The van der Waals surface area contributed by atoms with Crippen molar-refractivity contribution in [3.63, 3.8) is 0 Å². The lowest BCUT2D eigenvalue weighted by molar-refractivity contribution is -0.129. The van der Waals surface area contributed by atoms with Crippen molar-refractivity contribution in [2.75, 3.05) is 0 Å². The second kappa shape index (κ2) is 5.99. The van der Waals surface area contributed by atoms with Gasteiger partial charge in [-0.2, -0.15) is 0 Å². The summed E-state index contributed by atoms with van der Waals surface area (Å²) in [5.41, 5.74) is 3.90. The molecule has 2 rings (SSSR count). The summed E-state index contributed by atoms with van der Waals surface area (Å²) in [6.07, 6.45) is 5.93. The van der Waals surface area contributed by atoms with Crippen molar-refractivity contribution < 1.29 is 4.79 Å². The highest BCUT2D eigenvalue weighted by molar-refractivity contribution is 5.81. The Morgan fingerprint density at radius 1 is 1.20 bits per heavy atom.